The van der Waals surface area contributed by atoms with E-state index in [4.69, 9.17) is 18.9 Å². The summed E-state index contributed by atoms with van der Waals surface area (Å²) in [6.07, 6.45) is 0.229. The van der Waals surface area contributed by atoms with Crippen LogP contribution in [-0.2, 0) is 30.3 Å². The van der Waals surface area contributed by atoms with Gasteiger partial charge in [0.1, 0.15) is 6.04 Å². The van der Waals surface area contributed by atoms with Gasteiger partial charge in [0.2, 0.25) is 0 Å². The Kier molecular flexibility index (Phi) is 9.22. The predicted molar refractivity (Wildman–Crippen MR) is 114 cm³/mol. The van der Waals surface area contributed by atoms with Crippen molar-refractivity contribution in [1.29, 1.82) is 0 Å². The van der Waals surface area contributed by atoms with Crippen molar-refractivity contribution in [1.82, 2.24) is 5.32 Å². The molecule has 2 aromatic carbocycles. The molecular formula is C23H25NO8. The summed E-state index contributed by atoms with van der Waals surface area (Å²) in [7, 11) is 2.63. The van der Waals surface area contributed by atoms with Gasteiger partial charge in [0.05, 0.1) is 14.2 Å². The summed E-state index contributed by atoms with van der Waals surface area (Å²) >= 11 is 0. The number of carbonyl (C=O) groups excluding carboxylic acids is 4. The summed E-state index contributed by atoms with van der Waals surface area (Å²) < 4.78 is 20.1. The molecule has 0 spiro atoms. The van der Waals surface area contributed by atoms with Crippen LogP contribution in [0.1, 0.15) is 22.8 Å². The minimum absolute atomic E-state index is 0.141. The number of esters is 2. The van der Waals surface area contributed by atoms with Crippen molar-refractivity contribution in [3.05, 3.63) is 59.7 Å². The van der Waals surface area contributed by atoms with Gasteiger partial charge in [-0.1, -0.05) is 30.3 Å². The number of hydrogen-bond donors (Lipinski definition) is 1. The first-order valence-corrected chi connectivity index (χ1v) is 9.72. The Morgan fingerprint density at radius 2 is 1.66 bits per heavy atom. The second-order valence-corrected chi connectivity index (χ2v) is 6.70. The van der Waals surface area contributed by atoms with E-state index in [0.717, 1.165) is 5.56 Å². The summed E-state index contributed by atoms with van der Waals surface area (Å²) in [5, 5.41) is 2.50. The molecule has 0 saturated heterocycles. The molecule has 2 rings (SSSR count). The highest BCUT2D eigenvalue weighted by molar-refractivity contribution is 5.94. The van der Waals surface area contributed by atoms with E-state index < -0.39 is 37.1 Å². The molecule has 0 fully saturated rings. The Balaban J connectivity index is 1.85. The number of methoxy groups -OCH3 is 2. The van der Waals surface area contributed by atoms with Crippen LogP contribution in [0.5, 0.6) is 11.5 Å². The summed E-state index contributed by atoms with van der Waals surface area (Å²) in [5.74, 6) is -1.68. The zero-order valence-electron chi connectivity index (χ0n) is 18.1. The molecule has 2 aromatic rings. The average Bonchev–Trinajstić information content (AvgIpc) is 2.80. The number of nitrogens with one attached hydrogen (secondary N) is 1. The molecule has 1 N–H and O–H groups in total. The third kappa shape index (κ3) is 7.42. The Morgan fingerprint density at radius 1 is 0.938 bits per heavy atom. The maximum absolute atomic E-state index is 12.2. The first kappa shape index (κ1) is 24.4. The molecule has 0 aliphatic heterocycles. The lowest BCUT2D eigenvalue weighted by Gasteiger charge is -2.16. The third-order valence-corrected chi connectivity index (χ3v) is 4.38. The zero-order chi connectivity index (χ0) is 23.5. The molecule has 1 unspecified atom stereocenters. The van der Waals surface area contributed by atoms with Gasteiger partial charge in [-0.25, -0.2) is 9.59 Å². The van der Waals surface area contributed by atoms with Crippen molar-refractivity contribution in [3.63, 3.8) is 0 Å². The van der Waals surface area contributed by atoms with Crippen molar-refractivity contribution in [2.75, 3.05) is 27.4 Å². The smallest absolute Gasteiger partial charge is 0.344 e. The van der Waals surface area contributed by atoms with Gasteiger partial charge in [0.15, 0.2) is 30.5 Å². The normalized spacial score (nSPS) is 11.1. The largest absolute Gasteiger partial charge is 0.493 e. The summed E-state index contributed by atoms with van der Waals surface area (Å²) in [5.41, 5.74) is 1.27. The third-order valence-electron chi connectivity index (χ3n) is 4.38. The van der Waals surface area contributed by atoms with Gasteiger partial charge in [0, 0.05) is 12.0 Å². The van der Waals surface area contributed by atoms with Crippen LogP contribution >= 0.6 is 0 Å². The fraction of sp³-hybridized carbons (Fsp3) is 0.304. The van der Waals surface area contributed by atoms with Gasteiger partial charge in [-0.3, -0.25) is 9.59 Å². The Morgan fingerprint density at radius 3 is 2.28 bits per heavy atom. The summed E-state index contributed by atoms with van der Waals surface area (Å²) in [6.45, 7) is 0.348. The quantitative estimate of drug-likeness (QED) is 0.412. The topological polar surface area (TPSA) is 117 Å². The molecule has 0 radical (unpaired) electrons. The highest BCUT2D eigenvalue weighted by Crippen LogP contribution is 2.28. The molecule has 0 aromatic heterocycles. The first-order chi connectivity index (χ1) is 15.3. The van der Waals surface area contributed by atoms with Crippen LogP contribution < -0.4 is 14.8 Å². The maximum atomic E-state index is 12.2. The maximum Gasteiger partial charge on any atom is 0.344 e. The van der Waals surface area contributed by atoms with Crippen LogP contribution in [-0.4, -0.2) is 57.1 Å². The molecule has 32 heavy (non-hydrogen) atoms. The number of rotatable bonds is 11. The predicted octanol–water partition coefficient (Wildman–Crippen LogP) is 1.72. The summed E-state index contributed by atoms with van der Waals surface area (Å²) in [4.78, 5) is 47.5. The van der Waals surface area contributed by atoms with Gasteiger partial charge in [-0.05, 0) is 30.7 Å². The van der Waals surface area contributed by atoms with E-state index in [2.05, 4.69) is 5.32 Å². The van der Waals surface area contributed by atoms with Crippen molar-refractivity contribution >= 4 is 23.6 Å². The molecular weight excluding hydrogens is 418 g/mol. The minimum atomic E-state index is -0.922. The number of benzene rings is 2. The van der Waals surface area contributed by atoms with E-state index in [0.29, 0.717) is 5.56 Å². The average molecular weight is 443 g/mol. The molecule has 0 aliphatic rings. The molecule has 1 amide bonds. The molecule has 0 heterocycles. The van der Waals surface area contributed by atoms with Crippen LogP contribution in [0.3, 0.4) is 0 Å². The number of carbonyl (C=O) groups is 4. The van der Waals surface area contributed by atoms with E-state index in [1.54, 1.807) is 6.07 Å². The SMILES string of the molecule is COC(=O)C(Cc1ccccc1)NC(=O)COC(=O)COc1ccc(C(C)=O)cc1OC. The highest BCUT2D eigenvalue weighted by Gasteiger charge is 2.22. The Bertz CT molecular complexity index is 958. The van der Waals surface area contributed by atoms with E-state index in [1.807, 2.05) is 30.3 Å². The van der Waals surface area contributed by atoms with Crippen molar-refractivity contribution in [2.24, 2.45) is 0 Å². The highest BCUT2D eigenvalue weighted by atomic mass is 16.6. The lowest BCUT2D eigenvalue weighted by Crippen LogP contribution is -2.44. The van der Waals surface area contributed by atoms with Crippen LogP contribution in [0.2, 0.25) is 0 Å². The van der Waals surface area contributed by atoms with Crippen molar-refractivity contribution < 1.29 is 38.1 Å². The molecule has 9 heteroatoms. The second-order valence-electron chi connectivity index (χ2n) is 6.70. The standard InChI is InChI=1S/C23H25NO8/c1-15(25)17-9-10-19(20(12-17)29-2)31-14-22(27)32-13-21(26)24-18(23(28)30-3)11-16-7-5-4-6-8-16/h4-10,12,18H,11,13-14H2,1-3H3,(H,24,26). The van der Waals surface area contributed by atoms with Crippen LogP contribution in [0.4, 0.5) is 0 Å². The zero-order valence-corrected chi connectivity index (χ0v) is 18.1. The number of hydrogen-bond acceptors (Lipinski definition) is 8. The molecule has 9 nitrogen and oxygen atoms in total. The number of amides is 1. The lowest BCUT2D eigenvalue weighted by molar-refractivity contribution is -0.151. The summed E-state index contributed by atoms with van der Waals surface area (Å²) in [6, 6.07) is 12.7. The fourth-order valence-electron chi connectivity index (χ4n) is 2.75. The van der Waals surface area contributed by atoms with E-state index in [9.17, 15) is 19.2 Å². The van der Waals surface area contributed by atoms with Gasteiger partial charge in [-0.2, -0.15) is 0 Å². The van der Waals surface area contributed by atoms with Gasteiger partial charge in [-0.15, -0.1) is 0 Å². The van der Waals surface area contributed by atoms with E-state index in [1.165, 1.54) is 33.3 Å². The van der Waals surface area contributed by atoms with Crippen molar-refractivity contribution in [2.45, 2.75) is 19.4 Å². The molecule has 170 valence electrons. The van der Waals surface area contributed by atoms with Crippen LogP contribution in [0.25, 0.3) is 0 Å². The van der Waals surface area contributed by atoms with E-state index >= 15 is 0 Å². The van der Waals surface area contributed by atoms with Gasteiger partial charge < -0.3 is 24.3 Å². The molecule has 0 aliphatic carbocycles. The van der Waals surface area contributed by atoms with Gasteiger partial charge >= 0.3 is 11.9 Å². The van der Waals surface area contributed by atoms with Crippen molar-refractivity contribution in [3.8, 4) is 11.5 Å². The minimum Gasteiger partial charge on any atom is -0.493 e. The number of ketones is 1. The first-order valence-electron chi connectivity index (χ1n) is 9.72. The monoisotopic (exact) mass is 443 g/mol. The second kappa shape index (κ2) is 12.1. The van der Waals surface area contributed by atoms with E-state index in [-0.39, 0.29) is 23.7 Å². The van der Waals surface area contributed by atoms with Crippen LogP contribution in [0.15, 0.2) is 48.5 Å². The fourth-order valence-corrected chi connectivity index (χ4v) is 2.75. The van der Waals surface area contributed by atoms with Gasteiger partial charge in [0.25, 0.3) is 5.91 Å². The number of ether oxygens (including phenoxy) is 4. The Labute approximate surface area is 185 Å². The number of Topliss-reactive ketones (excluding diaryl/α,β-unsaturated/α-hetero) is 1. The Hall–Kier alpha value is -3.88. The molecule has 0 bridgehead atoms. The van der Waals surface area contributed by atoms with Crippen LogP contribution in [0, 0.1) is 0 Å². The molecule has 0 saturated carbocycles. The lowest BCUT2D eigenvalue weighted by atomic mass is 10.1. The molecule has 1 atom stereocenters.